The molecule has 4 nitrogen and oxygen atoms in total. The van der Waals surface area contributed by atoms with Crippen LogP contribution in [-0.4, -0.2) is 33.0 Å². The summed E-state index contributed by atoms with van der Waals surface area (Å²) in [6.45, 7) is 10.5. The van der Waals surface area contributed by atoms with Crippen LogP contribution >= 0.6 is 0 Å². The number of anilines is 1. The Balaban J connectivity index is 1.86. The third kappa shape index (κ3) is 20.1. The smallest absolute Gasteiger partial charge is 0.313 e. The van der Waals surface area contributed by atoms with Crippen molar-refractivity contribution in [1.82, 2.24) is 0 Å². The average Bonchev–Trinajstić information content (AvgIpc) is 2.85. The van der Waals surface area contributed by atoms with Gasteiger partial charge in [-0.15, -0.1) is 0 Å². The number of Topliss-reactive ketones (excluding diaryl/α,β-unsaturated/α-hetero) is 1. The van der Waals surface area contributed by atoms with Gasteiger partial charge in [0.25, 0.3) is 0 Å². The summed E-state index contributed by atoms with van der Waals surface area (Å²) >= 11 is 0. The molecular weight excluding hydrogens is 474 g/mol. The number of hydrogen-bond acceptors (Lipinski definition) is 4. The molecule has 0 heterocycles. The van der Waals surface area contributed by atoms with Gasteiger partial charge in [0.1, 0.15) is 6.42 Å². The molecule has 0 saturated carbocycles. The summed E-state index contributed by atoms with van der Waals surface area (Å²) in [7, 11) is -0.809. The molecule has 0 saturated heterocycles. The molecule has 0 amide bonds. The standard InChI is InChI=1S/C32H57NO3Si/c1-5-36-32(35)28-31(34)29-22-24-30(25-23-29)33-26-20-18-16-14-12-10-8-6-7-9-11-13-15-17-19-21-27-37(2,3)4/h22-25,33H,5-21,26-28H2,1-4H3. The van der Waals surface area contributed by atoms with Crippen LogP contribution in [0, 0.1) is 0 Å². The van der Waals surface area contributed by atoms with E-state index in [1.807, 2.05) is 12.1 Å². The summed E-state index contributed by atoms with van der Waals surface area (Å²) in [6.07, 6.45) is 22.1. The van der Waals surface area contributed by atoms with Gasteiger partial charge in [0, 0.05) is 25.9 Å². The predicted molar refractivity (Wildman–Crippen MR) is 163 cm³/mol. The number of benzene rings is 1. The summed E-state index contributed by atoms with van der Waals surface area (Å²) in [5.74, 6) is -0.659. The Labute approximate surface area is 229 Å². The molecule has 0 bridgehead atoms. The molecular formula is C32H57NO3Si. The van der Waals surface area contributed by atoms with Crippen molar-refractivity contribution in [2.24, 2.45) is 0 Å². The number of rotatable bonds is 24. The van der Waals surface area contributed by atoms with Crippen molar-refractivity contribution in [3.63, 3.8) is 0 Å². The number of unbranched alkanes of at least 4 members (excludes halogenated alkanes) is 15. The fourth-order valence-corrected chi connectivity index (χ4v) is 6.02. The Hall–Kier alpha value is -1.62. The fraction of sp³-hybridized carbons (Fsp3) is 0.750. The second-order valence-corrected chi connectivity index (χ2v) is 17.5. The van der Waals surface area contributed by atoms with E-state index in [4.69, 9.17) is 4.74 Å². The van der Waals surface area contributed by atoms with Crippen LogP contribution in [0.2, 0.25) is 25.7 Å². The van der Waals surface area contributed by atoms with E-state index in [1.54, 1.807) is 19.1 Å². The van der Waals surface area contributed by atoms with Gasteiger partial charge in [0.2, 0.25) is 0 Å². The minimum Gasteiger partial charge on any atom is -0.466 e. The fourth-order valence-electron chi connectivity index (χ4n) is 4.71. The lowest BCUT2D eigenvalue weighted by Crippen LogP contribution is -2.18. The lowest BCUT2D eigenvalue weighted by Gasteiger charge is -2.14. The van der Waals surface area contributed by atoms with E-state index in [-0.39, 0.29) is 12.2 Å². The molecule has 37 heavy (non-hydrogen) atoms. The van der Waals surface area contributed by atoms with Crippen molar-refractivity contribution in [3.8, 4) is 0 Å². The maximum atomic E-state index is 12.1. The van der Waals surface area contributed by atoms with Crippen LogP contribution in [0.3, 0.4) is 0 Å². The Morgan fingerprint density at radius 2 is 1.11 bits per heavy atom. The molecule has 0 aromatic heterocycles. The van der Waals surface area contributed by atoms with E-state index in [0.717, 1.165) is 12.2 Å². The first-order valence-electron chi connectivity index (χ1n) is 15.3. The number of ketones is 1. The molecule has 1 rings (SSSR count). The van der Waals surface area contributed by atoms with E-state index >= 15 is 0 Å². The maximum Gasteiger partial charge on any atom is 0.313 e. The van der Waals surface area contributed by atoms with E-state index in [0.29, 0.717) is 12.2 Å². The number of ether oxygens (including phenoxy) is 1. The Bertz CT molecular complexity index is 712. The van der Waals surface area contributed by atoms with Gasteiger partial charge in [-0.1, -0.05) is 122 Å². The van der Waals surface area contributed by atoms with Crippen LogP contribution in [-0.2, 0) is 9.53 Å². The summed E-state index contributed by atoms with van der Waals surface area (Å²) in [4.78, 5) is 23.5. The van der Waals surface area contributed by atoms with Crippen molar-refractivity contribution in [3.05, 3.63) is 29.8 Å². The van der Waals surface area contributed by atoms with Gasteiger partial charge in [-0.3, -0.25) is 9.59 Å². The SMILES string of the molecule is CCOC(=O)CC(=O)c1ccc(NCCCCCCCCCCCCCCCCCC[Si](C)(C)C)cc1. The minimum atomic E-state index is -0.809. The number of carbonyl (C=O) groups is 2. The van der Waals surface area contributed by atoms with Gasteiger partial charge in [0.05, 0.1) is 6.61 Å². The highest BCUT2D eigenvalue weighted by Crippen LogP contribution is 2.17. The van der Waals surface area contributed by atoms with Gasteiger partial charge >= 0.3 is 5.97 Å². The third-order valence-electron chi connectivity index (χ3n) is 7.00. The summed E-state index contributed by atoms with van der Waals surface area (Å²) in [5.41, 5.74) is 1.57. The Kier molecular flexibility index (Phi) is 19.3. The summed E-state index contributed by atoms with van der Waals surface area (Å²) in [5, 5.41) is 3.43. The highest BCUT2D eigenvalue weighted by atomic mass is 28.3. The van der Waals surface area contributed by atoms with Gasteiger partial charge in [-0.25, -0.2) is 0 Å². The van der Waals surface area contributed by atoms with Crippen LogP contribution in [0.15, 0.2) is 24.3 Å². The first kappa shape index (κ1) is 33.4. The minimum absolute atomic E-state index is 0.195. The molecule has 1 N–H and O–H groups in total. The molecule has 0 aliphatic rings. The lowest BCUT2D eigenvalue weighted by atomic mass is 10.0. The van der Waals surface area contributed by atoms with Crippen molar-refractivity contribution in [1.29, 1.82) is 0 Å². The van der Waals surface area contributed by atoms with Crippen molar-refractivity contribution in [2.45, 2.75) is 142 Å². The monoisotopic (exact) mass is 531 g/mol. The van der Waals surface area contributed by atoms with Gasteiger partial charge in [0.15, 0.2) is 5.78 Å². The molecule has 0 fully saturated rings. The van der Waals surface area contributed by atoms with Crippen LogP contribution in [0.5, 0.6) is 0 Å². The van der Waals surface area contributed by atoms with Gasteiger partial charge in [-0.2, -0.15) is 0 Å². The Morgan fingerprint density at radius 1 is 0.676 bits per heavy atom. The maximum absolute atomic E-state index is 12.1. The zero-order chi connectivity index (χ0) is 27.2. The topological polar surface area (TPSA) is 55.4 Å². The highest BCUT2D eigenvalue weighted by Gasteiger charge is 2.12. The number of esters is 1. The largest absolute Gasteiger partial charge is 0.466 e. The lowest BCUT2D eigenvalue weighted by molar-refractivity contribution is -0.141. The third-order valence-corrected chi connectivity index (χ3v) is 8.85. The first-order chi connectivity index (χ1) is 17.8. The quantitative estimate of drug-likeness (QED) is 0.0474. The van der Waals surface area contributed by atoms with Crippen LogP contribution in [0.1, 0.15) is 126 Å². The van der Waals surface area contributed by atoms with Crippen molar-refractivity contribution >= 4 is 25.5 Å². The molecule has 5 heteroatoms. The van der Waals surface area contributed by atoms with E-state index in [9.17, 15) is 9.59 Å². The average molecular weight is 532 g/mol. The Morgan fingerprint density at radius 3 is 1.54 bits per heavy atom. The second-order valence-electron chi connectivity index (χ2n) is 11.9. The number of hydrogen-bond donors (Lipinski definition) is 1. The highest BCUT2D eigenvalue weighted by molar-refractivity contribution is 6.76. The van der Waals surface area contributed by atoms with Crippen LogP contribution in [0.25, 0.3) is 0 Å². The molecule has 1 aromatic rings. The molecule has 0 aliphatic heterocycles. The van der Waals surface area contributed by atoms with E-state index < -0.39 is 14.0 Å². The molecule has 0 unspecified atom stereocenters. The molecule has 0 aliphatic carbocycles. The van der Waals surface area contributed by atoms with Gasteiger partial charge in [-0.05, 0) is 37.6 Å². The zero-order valence-corrected chi connectivity index (χ0v) is 25.7. The number of nitrogens with one attached hydrogen (secondary N) is 1. The molecule has 0 radical (unpaired) electrons. The van der Waals surface area contributed by atoms with Gasteiger partial charge < -0.3 is 10.1 Å². The zero-order valence-electron chi connectivity index (χ0n) is 24.7. The first-order valence-corrected chi connectivity index (χ1v) is 19.1. The van der Waals surface area contributed by atoms with Crippen molar-refractivity contribution < 1.29 is 14.3 Å². The normalized spacial score (nSPS) is 11.5. The van der Waals surface area contributed by atoms with Crippen LogP contribution in [0.4, 0.5) is 5.69 Å². The van der Waals surface area contributed by atoms with E-state index in [2.05, 4.69) is 25.0 Å². The summed E-state index contributed by atoms with van der Waals surface area (Å²) in [6, 6.07) is 8.89. The molecule has 1 aromatic carbocycles. The van der Waals surface area contributed by atoms with E-state index in [1.165, 1.54) is 109 Å². The predicted octanol–water partition coefficient (Wildman–Crippen LogP) is 9.81. The molecule has 212 valence electrons. The number of carbonyl (C=O) groups excluding carboxylic acids is 2. The van der Waals surface area contributed by atoms with Crippen LogP contribution < -0.4 is 5.32 Å². The second kappa shape index (κ2) is 21.3. The van der Waals surface area contributed by atoms with Crippen molar-refractivity contribution in [2.75, 3.05) is 18.5 Å². The summed E-state index contributed by atoms with van der Waals surface area (Å²) < 4.78 is 4.84. The molecule has 0 spiro atoms. The molecule has 0 atom stereocenters.